The second-order valence-corrected chi connectivity index (χ2v) is 12.5. The molecule has 0 spiro atoms. The van der Waals surface area contributed by atoms with E-state index in [1.165, 1.54) is 32.5 Å². The summed E-state index contributed by atoms with van der Waals surface area (Å²) in [6.45, 7) is 4.94. The lowest BCUT2D eigenvalue weighted by atomic mass is 10.0. The number of rotatable bonds is 9. The number of ether oxygens (including phenoxy) is 3. The van der Waals surface area contributed by atoms with Crippen molar-refractivity contribution in [3.05, 3.63) is 89.0 Å². The van der Waals surface area contributed by atoms with Gasteiger partial charge in [-0.25, -0.2) is 38.1 Å². The second-order valence-electron chi connectivity index (χ2n) is 12.1. The second kappa shape index (κ2) is 13.7. The molecule has 0 bridgehead atoms. The maximum absolute atomic E-state index is 14.1. The van der Waals surface area contributed by atoms with Crippen molar-refractivity contribution in [2.45, 2.75) is 32.8 Å². The van der Waals surface area contributed by atoms with Crippen LogP contribution in [0.4, 0.5) is 25.1 Å². The van der Waals surface area contributed by atoms with E-state index in [1.807, 2.05) is 12.1 Å². The third-order valence-electron chi connectivity index (χ3n) is 7.69. The average Bonchev–Trinajstić information content (AvgIpc) is 3.55. The number of halogens is 3. The largest absolute Gasteiger partial charge is 0.496 e. The van der Waals surface area contributed by atoms with Gasteiger partial charge < -0.3 is 14.2 Å². The Balaban J connectivity index is 1.56. The van der Waals surface area contributed by atoms with Gasteiger partial charge in [-0.15, -0.1) is 0 Å². The number of alkyl halides is 2. The third-order valence-corrected chi connectivity index (χ3v) is 8.09. The summed E-state index contributed by atoms with van der Waals surface area (Å²) in [6, 6.07) is 14.9. The Morgan fingerprint density at radius 1 is 0.941 bits per heavy atom. The molecule has 0 saturated heterocycles. The number of benzene rings is 3. The summed E-state index contributed by atoms with van der Waals surface area (Å²) in [6.07, 6.45) is -0.112. The Bertz CT molecular complexity index is 2320. The van der Waals surface area contributed by atoms with E-state index in [4.69, 9.17) is 25.8 Å². The first-order chi connectivity index (χ1) is 24.4. The molecule has 6 aromatic rings. The van der Waals surface area contributed by atoms with Gasteiger partial charge in [0.15, 0.2) is 24.2 Å². The van der Waals surface area contributed by atoms with Crippen LogP contribution in [0.5, 0.6) is 11.5 Å². The van der Waals surface area contributed by atoms with E-state index in [0.29, 0.717) is 51.8 Å². The van der Waals surface area contributed by atoms with Crippen molar-refractivity contribution in [3.8, 4) is 28.3 Å². The lowest BCUT2D eigenvalue weighted by Gasteiger charge is -2.28. The van der Waals surface area contributed by atoms with Crippen molar-refractivity contribution in [3.63, 3.8) is 0 Å². The normalized spacial score (nSPS) is 11.5. The number of anilines is 2. The van der Waals surface area contributed by atoms with Gasteiger partial charge in [-0.2, -0.15) is 5.10 Å². The molecule has 3 aromatic carbocycles. The highest BCUT2D eigenvalue weighted by molar-refractivity contribution is 6.37. The molecule has 15 heteroatoms. The summed E-state index contributed by atoms with van der Waals surface area (Å²) in [5, 5.41) is 5.32. The SMILES string of the molecule is COc1cc(-n2ncc3c(-c4cccc(N(C(=O)OC(C)(C)C)c5nc(C(F)F)nc6cc(C=O)cnc56)c4Cl)cccc32)cc(OC)c1C=O. The van der Waals surface area contributed by atoms with E-state index in [2.05, 4.69) is 20.1 Å². The maximum atomic E-state index is 14.1. The number of aromatic nitrogens is 5. The van der Waals surface area contributed by atoms with Crippen molar-refractivity contribution >= 4 is 63.7 Å². The molecule has 260 valence electrons. The minimum Gasteiger partial charge on any atom is -0.496 e. The van der Waals surface area contributed by atoms with Gasteiger partial charge in [0.05, 0.1) is 53.4 Å². The number of amides is 1. The average molecular weight is 715 g/mol. The number of nitrogens with zero attached hydrogens (tertiary/aromatic N) is 6. The van der Waals surface area contributed by atoms with Crippen molar-refractivity contribution in [1.29, 1.82) is 0 Å². The fraction of sp³-hybridized carbons (Fsp3) is 0.194. The molecule has 1 amide bonds. The summed E-state index contributed by atoms with van der Waals surface area (Å²) in [5.41, 5.74) is 1.51. The molecule has 0 N–H and O–H groups in total. The molecule has 3 heterocycles. The van der Waals surface area contributed by atoms with E-state index in [0.717, 1.165) is 4.90 Å². The molecule has 0 atom stereocenters. The Hall–Kier alpha value is -6.02. The van der Waals surface area contributed by atoms with E-state index < -0.39 is 23.9 Å². The topological polar surface area (TPSA) is 139 Å². The van der Waals surface area contributed by atoms with Gasteiger partial charge in [-0.3, -0.25) is 9.59 Å². The van der Waals surface area contributed by atoms with Crippen LogP contribution in [0.3, 0.4) is 0 Å². The first-order valence-electron chi connectivity index (χ1n) is 15.3. The van der Waals surface area contributed by atoms with Crippen LogP contribution in [0.1, 0.15) is 53.7 Å². The molecule has 6 rings (SSSR count). The van der Waals surface area contributed by atoms with Crippen LogP contribution in [0.2, 0.25) is 5.02 Å². The number of carbonyl (C=O) groups excluding carboxylic acids is 3. The zero-order chi connectivity index (χ0) is 36.6. The molecule has 0 unspecified atom stereocenters. The Labute approximate surface area is 294 Å². The molecular weight excluding hydrogens is 686 g/mol. The number of hydrogen-bond donors (Lipinski definition) is 0. The highest BCUT2D eigenvalue weighted by atomic mass is 35.5. The van der Waals surface area contributed by atoms with E-state index >= 15 is 0 Å². The molecule has 0 saturated carbocycles. The maximum Gasteiger partial charge on any atom is 0.420 e. The predicted molar refractivity (Wildman–Crippen MR) is 186 cm³/mol. The summed E-state index contributed by atoms with van der Waals surface area (Å²) < 4.78 is 46.5. The minimum atomic E-state index is -3.13. The van der Waals surface area contributed by atoms with Crippen LogP contribution in [0.15, 0.2) is 67.0 Å². The van der Waals surface area contributed by atoms with Crippen molar-refractivity contribution in [2.75, 3.05) is 19.1 Å². The lowest BCUT2D eigenvalue weighted by molar-refractivity contribution is 0.0597. The Morgan fingerprint density at radius 3 is 2.25 bits per heavy atom. The monoisotopic (exact) mass is 714 g/mol. The molecule has 51 heavy (non-hydrogen) atoms. The molecule has 0 radical (unpaired) electrons. The van der Waals surface area contributed by atoms with Gasteiger partial charge in [0.25, 0.3) is 6.43 Å². The fourth-order valence-corrected chi connectivity index (χ4v) is 5.83. The van der Waals surface area contributed by atoms with Crippen molar-refractivity contribution < 1.29 is 37.4 Å². The molecule has 0 aliphatic carbocycles. The summed E-state index contributed by atoms with van der Waals surface area (Å²) in [5.74, 6) is -0.633. The summed E-state index contributed by atoms with van der Waals surface area (Å²) in [7, 11) is 2.88. The number of pyridine rings is 1. The Morgan fingerprint density at radius 2 is 1.63 bits per heavy atom. The molecule has 0 fully saturated rings. The third kappa shape index (κ3) is 6.53. The van der Waals surface area contributed by atoms with Crippen LogP contribution < -0.4 is 14.4 Å². The van der Waals surface area contributed by atoms with Crippen LogP contribution in [0, 0.1) is 0 Å². The van der Waals surface area contributed by atoms with E-state index in [9.17, 15) is 23.2 Å². The van der Waals surface area contributed by atoms with Gasteiger partial charge in [-0.1, -0.05) is 35.9 Å². The molecule has 12 nitrogen and oxygen atoms in total. The van der Waals surface area contributed by atoms with Crippen molar-refractivity contribution in [2.24, 2.45) is 0 Å². The number of aldehydes is 2. The highest BCUT2D eigenvalue weighted by Crippen LogP contribution is 2.43. The van der Waals surface area contributed by atoms with Crippen LogP contribution in [-0.2, 0) is 4.74 Å². The van der Waals surface area contributed by atoms with Crippen molar-refractivity contribution in [1.82, 2.24) is 24.7 Å². The van der Waals surface area contributed by atoms with E-state index in [-0.39, 0.29) is 38.7 Å². The number of fused-ring (bicyclic) bond motifs is 2. The predicted octanol–water partition coefficient (Wildman–Crippen LogP) is 8.34. The Kier molecular flexibility index (Phi) is 9.36. The number of methoxy groups -OCH3 is 2. The standard InChI is InChI=1S/C36H29ClF2N6O6/c1-36(2,3)51-35(48)44(34-31-25(12-19(17-46)15-40-31)42-33(43-34)32(38)39)27-11-7-9-22(30(27)37)21-8-6-10-26-23(21)16-41-45(26)20-13-28(49-4)24(18-47)29(14-20)50-5/h6-18,32H,1-5H3. The zero-order valence-corrected chi connectivity index (χ0v) is 28.6. The first kappa shape index (κ1) is 34.8. The van der Waals surface area contributed by atoms with Crippen LogP contribution in [-0.4, -0.2) is 63.2 Å². The minimum absolute atomic E-state index is 0.0489. The summed E-state index contributed by atoms with van der Waals surface area (Å²) in [4.78, 5) is 50.4. The first-order valence-corrected chi connectivity index (χ1v) is 15.7. The van der Waals surface area contributed by atoms with Gasteiger partial charge >= 0.3 is 6.09 Å². The van der Waals surface area contributed by atoms with Gasteiger partial charge in [0, 0.05) is 34.8 Å². The van der Waals surface area contributed by atoms with Crippen LogP contribution in [0.25, 0.3) is 38.8 Å². The lowest BCUT2D eigenvalue weighted by Crippen LogP contribution is -2.35. The molecule has 0 aliphatic heterocycles. The van der Waals surface area contributed by atoms with E-state index in [1.54, 1.807) is 62.0 Å². The zero-order valence-electron chi connectivity index (χ0n) is 27.8. The quantitative estimate of drug-likeness (QED) is 0.134. The van der Waals surface area contributed by atoms with Gasteiger partial charge in [-0.05, 0) is 44.5 Å². The molecular formula is C36H29ClF2N6O6. The van der Waals surface area contributed by atoms with Gasteiger partial charge in [0.1, 0.15) is 22.6 Å². The highest BCUT2D eigenvalue weighted by Gasteiger charge is 2.32. The molecule has 0 aliphatic rings. The summed E-state index contributed by atoms with van der Waals surface area (Å²) >= 11 is 7.14. The smallest absolute Gasteiger partial charge is 0.420 e. The molecule has 3 aromatic heterocycles. The number of hydrogen-bond acceptors (Lipinski definition) is 10. The number of carbonyl (C=O) groups is 3. The van der Waals surface area contributed by atoms with Gasteiger partial charge in [0.2, 0.25) is 0 Å². The fourth-order valence-electron chi connectivity index (χ4n) is 5.52. The van der Waals surface area contributed by atoms with Crippen LogP contribution >= 0.6 is 11.6 Å².